The Hall–Kier alpha value is -2.94. The number of aromatic amines is 1. The van der Waals surface area contributed by atoms with Gasteiger partial charge in [0.25, 0.3) is 0 Å². The van der Waals surface area contributed by atoms with Crippen molar-refractivity contribution in [3.05, 3.63) is 28.4 Å². The molecule has 2 amide bonds. The van der Waals surface area contributed by atoms with Crippen molar-refractivity contribution in [3.8, 4) is 0 Å². The van der Waals surface area contributed by atoms with E-state index in [4.69, 9.17) is 4.98 Å². The van der Waals surface area contributed by atoms with Crippen LogP contribution >= 0.6 is 0 Å². The molecular formula is C20H24N6O3. The standard InChI is InChI=1S/C20H24N6O3/c1-25-15-9-12-13(23-17(22-12)8-11-4-6-21-7-5-11)10-16(15)26(20(25)29)14-2-3-18(27)24-19(14)28/h9-11,14,21H,2-8H2,1H3,(H,22,23)(H,24,27,28). The number of aromatic nitrogens is 4. The molecule has 9 heteroatoms. The van der Waals surface area contributed by atoms with E-state index in [-0.39, 0.29) is 18.0 Å². The Balaban J connectivity index is 1.57. The maximum absolute atomic E-state index is 12.9. The Bertz CT molecular complexity index is 1180. The number of amides is 2. The molecule has 1 atom stereocenters. The third-order valence-corrected chi connectivity index (χ3v) is 6.20. The lowest BCUT2D eigenvalue weighted by molar-refractivity contribution is -0.135. The maximum atomic E-state index is 12.9. The van der Waals surface area contributed by atoms with Crippen LogP contribution in [0.3, 0.4) is 0 Å². The van der Waals surface area contributed by atoms with Crippen LogP contribution in [0.2, 0.25) is 0 Å². The highest BCUT2D eigenvalue weighted by Gasteiger charge is 2.31. The molecule has 29 heavy (non-hydrogen) atoms. The number of nitrogens with one attached hydrogen (secondary N) is 3. The predicted octanol–water partition coefficient (Wildman–Crippen LogP) is 0.736. The van der Waals surface area contributed by atoms with Crippen LogP contribution in [-0.2, 0) is 23.1 Å². The number of H-pyrrole nitrogens is 1. The summed E-state index contributed by atoms with van der Waals surface area (Å²) in [6.45, 7) is 2.10. The first-order valence-corrected chi connectivity index (χ1v) is 10.2. The lowest BCUT2D eigenvalue weighted by Crippen LogP contribution is -2.44. The normalized spacial score (nSPS) is 21.2. The number of rotatable bonds is 3. The van der Waals surface area contributed by atoms with E-state index >= 15 is 0 Å². The summed E-state index contributed by atoms with van der Waals surface area (Å²) in [6.07, 6.45) is 3.76. The Morgan fingerprint density at radius 1 is 1.10 bits per heavy atom. The zero-order valence-electron chi connectivity index (χ0n) is 16.3. The molecule has 0 radical (unpaired) electrons. The number of carbonyl (C=O) groups is 2. The molecule has 152 valence electrons. The van der Waals surface area contributed by atoms with Gasteiger partial charge in [0.2, 0.25) is 11.8 Å². The number of imide groups is 1. The minimum atomic E-state index is -0.682. The molecular weight excluding hydrogens is 372 g/mol. The SMILES string of the molecule is Cn1c(=O)n(C2CCC(=O)NC2=O)c2cc3[nH]c(CC4CCNCC4)nc3cc21. The fourth-order valence-corrected chi connectivity index (χ4v) is 4.60. The summed E-state index contributed by atoms with van der Waals surface area (Å²) in [7, 11) is 1.70. The molecule has 2 aliphatic rings. The highest BCUT2D eigenvalue weighted by molar-refractivity contribution is 6.00. The Labute approximate surface area is 166 Å². The van der Waals surface area contributed by atoms with Gasteiger partial charge in [-0.2, -0.15) is 0 Å². The number of carbonyl (C=O) groups excluding carboxylic acids is 2. The highest BCUT2D eigenvalue weighted by Crippen LogP contribution is 2.27. The van der Waals surface area contributed by atoms with Crippen LogP contribution in [0.1, 0.15) is 37.5 Å². The molecule has 2 fully saturated rings. The van der Waals surface area contributed by atoms with E-state index in [0.29, 0.717) is 17.9 Å². The minimum absolute atomic E-state index is 0.228. The van der Waals surface area contributed by atoms with Crippen LogP contribution in [-0.4, -0.2) is 44.0 Å². The van der Waals surface area contributed by atoms with Crippen LogP contribution in [0.4, 0.5) is 0 Å². The van der Waals surface area contributed by atoms with Gasteiger partial charge in [0.15, 0.2) is 0 Å². The molecule has 1 aromatic carbocycles. The molecule has 3 N–H and O–H groups in total. The Kier molecular flexibility index (Phi) is 4.27. The zero-order chi connectivity index (χ0) is 20.1. The maximum Gasteiger partial charge on any atom is 0.329 e. The quantitative estimate of drug-likeness (QED) is 0.565. The van der Waals surface area contributed by atoms with Crippen LogP contribution in [0.5, 0.6) is 0 Å². The number of aryl methyl sites for hydroxylation is 1. The summed E-state index contributed by atoms with van der Waals surface area (Å²) in [5, 5.41) is 5.72. The van der Waals surface area contributed by atoms with Gasteiger partial charge in [0.05, 0.1) is 22.1 Å². The number of fused-ring (bicyclic) bond motifs is 2. The second kappa shape index (κ2) is 6.84. The van der Waals surface area contributed by atoms with Crippen molar-refractivity contribution < 1.29 is 9.59 Å². The average molecular weight is 396 g/mol. The number of benzene rings is 1. The van der Waals surface area contributed by atoms with Crippen LogP contribution in [0.15, 0.2) is 16.9 Å². The second-order valence-corrected chi connectivity index (χ2v) is 8.12. The zero-order valence-corrected chi connectivity index (χ0v) is 16.3. The molecule has 0 spiro atoms. The van der Waals surface area contributed by atoms with Crippen molar-refractivity contribution in [2.45, 2.75) is 38.1 Å². The number of hydrogen-bond acceptors (Lipinski definition) is 5. The number of piperidine rings is 2. The topological polar surface area (TPSA) is 114 Å². The summed E-state index contributed by atoms with van der Waals surface area (Å²) in [6, 6.07) is 3.12. The second-order valence-electron chi connectivity index (χ2n) is 8.12. The van der Waals surface area contributed by atoms with E-state index < -0.39 is 11.9 Å². The number of hydrogen-bond donors (Lipinski definition) is 3. The third-order valence-electron chi connectivity index (χ3n) is 6.20. The Morgan fingerprint density at radius 3 is 2.66 bits per heavy atom. The van der Waals surface area contributed by atoms with Gasteiger partial charge in [-0.25, -0.2) is 9.78 Å². The molecule has 3 aromatic rings. The monoisotopic (exact) mass is 396 g/mol. The van der Waals surface area contributed by atoms with Gasteiger partial charge in [-0.3, -0.25) is 24.0 Å². The van der Waals surface area contributed by atoms with E-state index in [1.807, 2.05) is 12.1 Å². The fraction of sp³-hybridized carbons (Fsp3) is 0.500. The summed E-state index contributed by atoms with van der Waals surface area (Å²) in [5.74, 6) is 0.857. The molecule has 0 saturated carbocycles. The largest absolute Gasteiger partial charge is 0.342 e. The highest BCUT2D eigenvalue weighted by atomic mass is 16.2. The van der Waals surface area contributed by atoms with Gasteiger partial charge in [-0.1, -0.05) is 0 Å². The van der Waals surface area contributed by atoms with Gasteiger partial charge >= 0.3 is 5.69 Å². The van der Waals surface area contributed by atoms with Gasteiger partial charge < -0.3 is 10.3 Å². The van der Waals surface area contributed by atoms with Crippen molar-refractivity contribution in [1.29, 1.82) is 0 Å². The van der Waals surface area contributed by atoms with Gasteiger partial charge in [-0.15, -0.1) is 0 Å². The lowest BCUT2D eigenvalue weighted by Gasteiger charge is -2.21. The van der Waals surface area contributed by atoms with Crippen LogP contribution in [0, 0.1) is 5.92 Å². The first kappa shape index (κ1) is 18.1. The molecule has 1 unspecified atom stereocenters. The minimum Gasteiger partial charge on any atom is -0.342 e. The van der Waals surface area contributed by atoms with Crippen molar-refractivity contribution in [3.63, 3.8) is 0 Å². The lowest BCUT2D eigenvalue weighted by atomic mass is 9.94. The van der Waals surface area contributed by atoms with Gasteiger partial charge in [0, 0.05) is 19.9 Å². The van der Waals surface area contributed by atoms with Crippen molar-refractivity contribution >= 4 is 33.9 Å². The Morgan fingerprint density at radius 2 is 1.90 bits per heavy atom. The predicted molar refractivity (Wildman–Crippen MR) is 108 cm³/mol. The third kappa shape index (κ3) is 3.05. The summed E-state index contributed by atoms with van der Waals surface area (Å²) >= 11 is 0. The van der Waals surface area contributed by atoms with E-state index in [9.17, 15) is 14.4 Å². The molecule has 5 rings (SSSR count). The molecule has 2 aliphatic heterocycles. The van der Waals surface area contributed by atoms with Gasteiger partial charge in [-0.05, 0) is 50.4 Å². The van der Waals surface area contributed by atoms with Crippen LogP contribution in [0.25, 0.3) is 22.1 Å². The van der Waals surface area contributed by atoms with E-state index in [2.05, 4.69) is 15.6 Å². The molecule has 0 bridgehead atoms. The van der Waals surface area contributed by atoms with Crippen molar-refractivity contribution in [1.82, 2.24) is 29.7 Å². The molecule has 0 aliphatic carbocycles. The average Bonchev–Trinajstić information content (AvgIpc) is 3.20. The van der Waals surface area contributed by atoms with Gasteiger partial charge in [0.1, 0.15) is 11.9 Å². The van der Waals surface area contributed by atoms with Crippen LogP contribution < -0.4 is 16.3 Å². The first-order valence-electron chi connectivity index (χ1n) is 10.2. The van der Waals surface area contributed by atoms with E-state index in [1.165, 1.54) is 4.57 Å². The smallest absolute Gasteiger partial charge is 0.329 e. The van der Waals surface area contributed by atoms with Crippen molar-refractivity contribution in [2.24, 2.45) is 13.0 Å². The van der Waals surface area contributed by atoms with E-state index in [1.54, 1.807) is 11.6 Å². The molecule has 2 saturated heterocycles. The summed E-state index contributed by atoms with van der Waals surface area (Å²) < 4.78 is 3.05. The number of nitrogens with zero attached hydrogens (tertiary/aromatic N) is 3. The summed E-state index contributed by atoms with van der Waals surface area (Å²) in [5.41, 5.74) is 2.81. The molecule has 9 nitrogen and oxygen atoms in total. The molecule has 2 aromatic heterocycles. The molecule has 4 heterocycles. The first-order chi connectivity index (χ1) is 14.0. The van der Waals surface area contributed by atoms with E-state index in [0.717, 1.165) is 54.7 Å². The van der Waals surface area contributed by atoms with Crippen molar-refractivity contribution in [2.75, 3.05) is 13.1 Å². The summed E-state index contributed by atoms with van der Waals surface area (Å²) in [4.78, 5) is 44.9. The number of imidazole rings is 2. The fourth-order valence-electron chi connectivity index (χ4n) is 4.60.